The van der Waals surface area contributed by atoms with Gasteiger partial charge in [-0.3, -0.25) is 0 Å². The van der Waals surface area contributed by atoms with E-state index < -0.39 is 15.8 Å². The predicted octanol–water partition coefficient (Wildman–Crippen LogP) is 1.94. The Hall–Kier alpha value is -1.42. The molecule has 0 heterocycles. The minimum Gasteiger partial charge on any atom is -0.320 e. The number of sulfonamides is 1. The van der Waals surface area contributed by atoms with Crippen LogP contribution in [0.5, 0.6) is 0 Å². The average Bonchev–Trinajstić information content (AvgIpc) is 2.45. The van der Waals surface area contributed by atoms with Gasteiger partial charge in [-0.15, -0.1) is 0 Å². The van der Waals surface area contributed by atoms with Crippen LogP contribution < -0.4 is 5.73 Å². The molecule has 0 fully saturated rings. The second kappa shape index (κ2) is 7.55. The van der Waals surface area contributed by atoms with E-state index in [1.807, 2.05) is 6.92 Å². The van der Waals surface area contributed by atoms with E-state index in [9.17, 15) is 12.8 Å². The van der Waals surface area contributed by atoms with Crippen molar-refractivity contribution in [2.75, 3.05) is 13.1 Å². The molecule has 6 heteroatoms. The highest BCUT2D eigenvalue weighted by Gasteiger charge is 2.29. The quantitative estimate of drug-likeness (QED) is 0.845. The van der Waals surface area contributed by atoms with Gasteiger partial charge in [-0.05, 0) is 31.5 Å². The highest BCUT2D eigenvalue weighted by molar-refractivity contribution is 7.89. The molecule has 4 nitrogen and oxygen atoms in total. The minimum absolute atomic E-state index is 0.166. The Balaban J connectivity index is 3.26. The third-order valence-electron chi connectivity index (χ3n) is 3.25. The van der Waals surface area contributed by atoms with Crippen molar-refractivity contribution in [1.29, 1.82) is 0 Å². The maximum Gasteiger partial charge on any atom is 0.246 e. The molecule has 1 aromatic carbocycles. The van der Waals surface area contributed by atoms with Crippen LogP contribution in [0.25, 0.3) is 0 Å². The maximum atomic E-state index is 14.1. The van der Waals surface area contributed by atoms with Gasteiger partial charge in [-0.2, -0.15) is 4.31 Å². The third kappa shape index (κ3) is 4.03. The molecule has 1 atom stereocenters. The summed E-state index contributed by atoms with van der Waals surface area (Å²) in [6.45, 7) is 5.90. The van der Waals surface area contributed by atoms with Gasteiger partial charge in [0.15, 0.2) is 0 Å². The normalized spacial score (nSPS) is 12.9. The van der Waals surface area contributed by atoms with E-state index in [2.05, 4.69) is 11.8 Å². The highest BCUT2D eigenvalue weighted by Crippen LogP contribution is 2.22. The SMILES string of the molecule is CCC(C)N(CC)S(=O)(=O)c1ccc(C#CCN)cc1F. The van der Waals surface area contributed by atoms with E-state index in [4.69, 9.17) is 5.73 Å². The molecular weight excluding hydrogens is 291 g/mol. The number of benzene rings is 1. The Morgan fingerprint density at radius 1 is 1.38 bits per heavy atom. The van der Waals surface area contributed by atoms with Crippen molar-refractivity contribution in [3.63, 3.8) is 0 Å². The van der Waals surface area contributed by atoms with Crippen LogP contribution in [0.15, 0.2) is 23.1 Å². The van der Waals surface area contributed by atoms with Crippen molar-refractivity contribution in [2.45, 2.75) is 38.1 Å². The molecular formula is C15H21FN2O2S. The minimum atomic E-state index is -3.84. The summed E-state index contributed by atoms with van der Waals surface area (Å²) in [6.07, 6.45) is 0.661. The number of hydrogen-bond donors (Lipinski definition) is 1. The molecule has 21 heavy (non-hydrogen) atoms. The monoisotopic (exact) mass is 312 g/mol. The number of rotatable bonds is 5. The van der Waals surface area contributed by atoms with Crippen molar-refractivity contribution in [3.05, 3.63) is 29.6 Å². The van der Waals surface area contributed by atoms with E-state index in [-0.39, 0.29) is 17.5 Å². The molecule has 0 aliphatic heterocycles. The lowest BCUT2D eigenvalue weighted by Gasteiger charge is -2.26. The van der Waals surface area contributed by atoms with Gasteiger partial charge in [0, 0.05) is 18.2 Å². The Morgan fingerprint density at radius 2 is 2.05 bits per heavy atom. The van der Waals surface area contributed by atoms with E-state index in [1.54, 1.807) is 13.8 Å². The Morgan fingerprint density at radius 3 is 2.52 bits per heavy atom. The smallest absolute Gasteiger partial charge is 0.246 e. The van der Waals surface area contributed by atoms with Crippen molar-refractivity contribution in [1.82, 2.24) is 4.31 Å². The fourth-order valence-electron chi connectivity index (χ4n) is 1.99. The van der Waals surface area contributed by atoms with Gasteiger partial charge in [-0.25, -0.2) is 12.8 Å². The zero-order chi connectivity index (χ0) is 16.0. The second-order valence-corrected chi connectivity index (χ2v) is 6.48. The Bertz CT molecular complexity index is 647. The Kier molecular flexibility index (Phi) is 6.34. The van der Waals surface area contributed by atoms with Gasteiger partial charge >= 0.3 is 0 Å². The van der Waals surface area contributed by atoms with E-state index in [0.29, 0.717) is 18.5 Å². The molecule has 0 bridgehead atoms. The van der Waals surface area contributed by atoms with Gasteiger partial charge in [-0.1, -0.05) is 25.7 Å². The maximum absolute atomic E-state index is 14.1. The molecule has 0 spiro atoms. The number of nitrogens with zero attached hydrogens (tertiary/aromatic N) is 1. The van der Waals surface area contributed by atoms with Crippen LogP contribution in [0.1, 0.15) is 32.8 Å². The van der Waals surface area contributed by atoms with Crippen LogP contribution in [0, 0.1) is 17.7 Å². The summed E-state index contributed by atoms with van der Waals surface area (Å²) in [5.41, 5.74) is 5.66. The molecule has 0 amide bonds. The summed E-state index contributed by atoms with van der Waals surface area (Å²) in [7, 11) is -3.84. The lowest BCUT2D eigenvalue weighted by atomic mass is 10.2. The van der Waals surface area contributed by atoms with Gasteiger partial charge in [0.05, 0.1) is 6.54 Å². The lowest BCUT2D eigenvalue weighted by Crippen LogP contribution is -2.38. The number of hydrogen-bond acceptors (Lipinski definition) is 3. The molecule has 0 aromatic heterocycles. The summed E-state index contributed by atoms with van der Waals surface area (Å²) >= 11 is 0. The van der Waals surface area contributed by atoms with Gasteiger partial charge in [0.1, 0.15) is 10.7 Å². The zero-order valence-electron chi connectivity index (χ0n) is 12.6. The van der Waals surface area contributed by atoms with E-state index >= 15 is 0 Å². The van der Waals surface area contributed by atoms with Crippen molar-refractivity contribution < 1.29 is 12.8 Å². The molecule has 2 N–H and O–H groups in total. The molecule has 116 valence electrons. The molecule has 0 aliphatic rings. The first-order valence-corrected chi connectivity index (χ1v) is 8.32. The molecule has 1 aromatic rings. The Labute approximate surface area is 126 Å². The first kappa shape index (κ1) is 17.6. The molecule has 1 unspecified atom stereocenters. The summed E-state index contributed by atoms with van der Waals surface area (Å²) in [5.74, 6) is 4.49. The van der Waals surface area contributed by atoms with Crippen LogP contribution in [-0.4, -0.2) is 31.9 Å². The first-order valence-electron chi connectivity index (χ1n) is 6.88. The number of halogens is 1. The van der Waals surface area contributed by atoms with Crippen LogP contribution in [0.2, 0.25) is 0 Å². The average molecular weight is 312 g/mol. The lowest BCUT2D eigenvalue weighted by molar-refractivity contribution is 0.341. The van der Waals surface area contributed by atoms with Gasteiger partial charge in [0.25, 0.3) is 0 Å². The molecule has 0 radical (unpaired) electrons. The molecule has 0 saturated heterocycles. The fourth-order valence-corrected chi connectivity index (χ4v) is 3.75. The summed E-state index contributed by atoms with van der Waals surface area (Å²) in [4.78, 5) is -0.317. The van der Waals surface area contributed by atoms with Crippen molar-refractivity contribution in [3.8, 4) is 11.8 Å². The fraction of sp³-hybridized carbons (Fsp3) is 0.467. The van der Waals surface area contributed by atoms with Crippen molar-refractivity contribution in [2.24, 2.45) is 5.73 Å². The molecule has 0 aliphatic carbocycles. The van der Waals surface area contributed by atoms with Crippen LogP contribution in [0.4, 0.5) is 4.39 Å². The highest BCUT2D eigenvalue weighted by atomic mass is 32.2. The first-order chi connectivity index (χ1) is 9.88. The topological polar surface area (TPSA) is 63.4 Å². The summed E-state index contributed by atoms with van der Waals surface area (Å²) in [6, 6.07) is 3.69. The van der Waals surface area contributed by atoms with Crippen molar-refractivity contribution >= 4 is 10.0 Å². The van der Waals surface area contributed by atoms with Crippen LogP contribution in [0.3, 0.4) is 0 Å². The second-order valence-electron chi connectivity index (χ2n) is 4.62. The zero-order valence-corrected chi connectivity index (χ0v) is 13.4. The molecule has 1 rings (SSSR count). The van der Waals surface area contributed by atoms with E-state index in [1.165, 1.54) is 16.4 Å². The van der Waals surface area contributed by atoms with Gasteiger partial charge in [0.2, 0.25) is 10.0 Å². The third-order valence-corrected chi connectivity index (χ3v) is 5.37. The van der Waals surface area contributed by atoms with Gasteiger partial charge < -0.3 is 5.73 Å². The molecule has 0 saturated carbocycles. The van der Waals surface area contributed by atoms with E-state index in [0.717, 1.165) is 6.07 Å². The predicted molar refractivity (Wildman–Crippen MR) is 81.7 cm³/mol. The van der Waals surface area contributed by atoms with Crippen LogP contribution >= 0.6 is 0 Å². The largest absolute Gasteiger partial charge is 0.320 e. The number of nitrogens with two attached hydrogens (primary N) is 1. The van der Waals surface area contributed by atoms with Crippen LogP contribution in [-0.2, 0) is 10.0 Å². The standard InChI is InChI=1S/C15H21FN2O2S/c1-4-12(3)18(5-2)21(19,20)15-9-8-13(7-6-10-17)11-14(15)16/h8-9,11-12H,4-5,10,17H2,1-3H3. The summed E-state index contributed by atoms with van der Waals surface area (Å²) < 4.78 is 40.5. The summed E-state index contributed by atoms with van der Waals surface area (Å²) in [5, 5.41) is 0.